The number of aliphatic hydroxyl groups is 2. The van der Waals surface area contributed by atoms with E-state index in [1.54, 1.807) is 0 Å². The Morgan fingerprint density at radius 1 is 0.323 bits per heavy atom. The fourth-order valence-corrected chi connectivity index (χ4v) is 8.05. The average Bonchev–Trinajstić information content (AvgIpc) is 3.36. The molecule has 2 N–H and O–H groups in total. The van der Waals surface area contributed by atoms with Crippen molar-refractivity contribution in [3.8, 4) is 0 Å². The quantitative estimate of drug-likeness (QED) is 0.0691. The fraction of sp³-hybridized carbons (Fsp3) is 0.333. The van der Waals surface area contributed by atoms with Crippen molar-refractivity contribution in [1.82, 2.24) is 0 Å². The minimum atomic E-state index is -1.42. The maximum absolute atomic E-state index is 12.2. The van der Waals surface area contributed by atoms with Crippen molar-refractivity contribution < 1.29 is 52.8 Å². The van der Waals surface area contributed by atoms with Gasteiger partial charge < -0.3 is 52.8 Å². The summed E-state index contributed by atoms with van der Waals surface area (Å²) in [6.45, 7) is 1.39. The van der Waals surface area contributed by atoms with Crippen LogP contribution in [0.2, 0.25) is 0 Å². The molecule has 11 heteroatoms. The van der Waals surface area contributed by atoms with Gasteiger partial charge in [-0.1, -0.05) is 182 Å². The summed E-state index contributed by atoms with van der Waals surface area (Å²) in [6.07, 6.45) is -9.77. The van der Waals surface area contributed by atoms with Crippen molar-refractivity contribution >= 4 is 0 Å². The Bertz CT molecular complexity index is 2210. The van der Waals surface area contributed by atoms with Crippen LogP contribution in [-0.4, -0.2) is 84.8 Å². The van der Waals surface area contributed by atoms with E-state index in [1.807, 2.05) is 182 Å². The van der Waals surface area contributed by atoms with Crippen LogP contribution in [0.1, 0.15) is 33.4 Å². The second kappa shape index (κ2) is 24.4. The van der Waals surface area contributed by atoms with E-state index in [9.17, 15) is 10.2 Å². The van der Waals surface area contributed by atoms with Gasteiger partial charge in [0.2, 0.25) is 0 Å². The summed E-state index contributed by atoms with van der Waals surface area (Å²) in [7, 11) is 0. The van der Waals surface area contributed by atoms with Crippen molar-refractivity contribution in [2.75, 3.05) is 13.2 Å². The van der Waals surface area contributed by atoms with E-state index in [-0.39, 0.29) is 46.2 Å². The van der Waals surface area contributed by atoms with E-state index >= 15 is 0 Å². The second-order valence-electron chi connectivity index (χ2n) is 16.2. The number of aliphatic hydroxyl groups excluding tert-OH is 2. The predicted molar refractivity (Wildman–Crippen MR) is 243 cm³/mol. The van der Waals surface area contributed by atoms with E-state index in [4.69, 9.17) is 42.6 Å². The number of benzene rings is 6. The van der Waals surface area contributed by atoms with Gasteiger partial charge in [-0.2, -0.15) is 0 Å². The highest BCUT2D eigenvalue weighted by Gasteiger charge is 2.51. The first-order valence-corrected chi connectivity index (χ1v) is 22.3. The first kappa shape index (κ1) is 46.4. The lowest BCUT2D eigenvalue weighted by molar-refractivity contribution is -0.344. The molecular formula is C54H58O11. The largest absolute Gasteiger partial charge is 0.385 e. The van der Waals surface area contributed by atoms with E-state index < -0.39 is 61.4 Å². The standard InChI is InChI=1S/C54H58O11/c55-47-50(60-34-42-25-13-4-14-26-42)48(58-32-40-21-9-2-10-22-40)45(37-57-31-39-19-7-1-8-20-39)65-54(47)63-38-46-49(59-33-41-23-11-3-12-24-41)51(61-35-43-27-15-5-16-28-43)52(53(56)64-46)62-36-44-29-17-6-18-30-44/h1-30,45-56H,31-38H2/t45-,46-,47+,48-,49-,50-,51+,52-,53+,54-/m1/s1. The first-order chi connectivity index (χ1) is 32.1. The summed E-state index contributed by atoms with van der Waals surface area (Å²) >= 11 is 0. The first-order valence-electron chi connectivity index (χ1n) is 22.3. The van der Waals surface area contributed by atoms with Gasteiger partial charge in [-0.25, -0.2) is 0 Å². The van der Waals surface area contributed by atoms with Gasteiger partial charge in [0.15, 0.2) is 12.6 Å². The molecule has 2 fully saturated rings. The SMILES string of the molecule is O[C@@H]1[C@H](OC[C@H]2O[C@H](O)[C@H](OCc3ccccc3)[C@@H](OCc3ccccc3)[C@@H]2OCc2ccccc2)O[C@H](COCc2ccccc2)[C@@H](OCc2ccccc2)[C@@H]1OCc1ccccc1. The summed E-state index contributed by atoms with van der Waals surface area (Å²) < 4.78 is 58.8. The molecule has 11 nitrogen and oxygen atoms in total. The highest BCUT2D eigenvalue weighted by Crippen LogP contribution is 2.33. The molecule has 0 bridgehead atoms. The van der Waals surface area contributed by atoms with Gasteiger partial charge in [0, 0.05) is 0 Å². The van der Waals surface area contributed by atoms with Gasteiger partial charge in [0.25, 0.3) is 0 Å². The third kappa shape index (κ3) is 13.5. The minimum absolute atomic E-state index is 0.114. The zero-order valence-corrected chi connectivity index (χ0v) is 36.3. The van der Waals surface area contributed by atoms with Gasteiger partial charge in [0.05, 0.1) is 52.9 Å². The van der Waals surface area contributed by atoms with E-state index in [1.165, 1.54) is 0 Å². The Kier molecular flexibility index (Phi) is 17.4. The molecule has 6 aromatic carbocycles. The Morgan fingerprint density at radius 2 is 0.646 bits per heavy atom. The average molecular weight is 883 g/mol. The maximum atomic E-state index is 12.2. The van der Waals surface area contributed by atoms with Crippen LogP contribution in [0.15, 0.2) is 182 Å². The summed E-state index contributed by atoms with van der Waals surface area (Å²) in [5.74, 6) is 0. The van der Waals surface area contributed by atoms with Gasteiger partial charge in [-0.15, -0.1) is 0 Å². The Labute approximate surface area is 381 Å². The number of hydrogen-bond acceptors (Lipinski definition) is 11. The fourth-order valence-electron chi connectivity index (χ4n) is 8.05. The molecule has 10 atom stereocenters. The number of hydrogen-bond donors (Lipinski definition) is 2. The molecule has 8 rings (SSSR count). The lowest BCUT2D eigenvalue weighted by atomic mass is 9.97. The smallest absolute Gasteiger partial charge is 0.186 e. The zero-order chi connectivity index (χ0) is 44.5. The summed E-state index contributed by atoms with van der Waals surface area (Å²) in [4.78, 5) is 0. The molecule has 2 heterocycles. The van der Waals surface area contributed by atoms with Crippen LogP contribution in [-0.2, 0) is 82.3 Å². The summed E-state index contributed by atoms with van der Waals surface area (Å²) in [5.41, 5.74) is 5.68. The topological polar surface area (TPSA) is 124 Å². The minimum Gasteiger partial charge on any atom is -0.385 e. The van der Waals surface area contributed by atoms with Gasteiger partial charge in [0.1, 0.15) is 48.8 Å². The molecule has 0 amide bonds. The Balaban J connectivity index is 1.05. The molecule has 65 heavy (non-hydrogen) atoms. The third-order valence-electron chi connectivity index (χ3n) is 11.5. The molecule has 2 saturated heterocycles. The zero-order valence-electron chi connectivity index (χ0n) is 36.3. The number of ether oxygens (including phenoxy) is 9. The van der Waals surface area contributed by atoms with Crippen LogP contribution in [0, 0.1) is 0 Å². The van der Waals surface area contributed by atoms with Crippen LogP contribution < -0.4 is 0 Å². The van der Waals surface area contributed by atoms with Gasteiger partial charge in [-0.05, 0) is 33.4 Å². The molecule has 0 aliphatic carbocycles. The Morgan fingerprint density at radius 3 is 1.06 bits per heavy atom. The van der Waals surface area contributed by atoms with E-state index in [2.05, 4.69) is 0 Å². The predicted octanol–water partition coefficient (Wildman–Crippen LogP) is 7.95. The van der Waals surface area contributed by atoms with Crippen LogP contribution in [0.4, 0.5) is 0 Å². The highest BCUT2D eigenvalue weighted by atomic mass is 16.7. The molecule has 6 aromatic rings. The molecule has 2 aliphatic heterocycles. The maximum Gasteiger partial charge on any atom is 0.186 e. The molecule has 0 spiro atoms. The van der Waals surface area contributed by atoms with Crippen molar-refractivity contribution in [2.24, 2.45) is 0 Å². The molecule has 0 radical (unpaired) electrons. The van der Waals surface area contributed by atoms with Crippen LogP contribution in [0.25, 0.3) is 0 Å². The highest BCUT2D eigenvalue weighted by molar-refractivity contribution is 5.18. The van der Waals surface area contributed by atoms with Crippen molar-refractivity contribution in [1.29, 1.82) is 0 Å². The molecule has 2 aliphatic rings. The van der Waals surface area contributed by atoms with Crippen molar-refractivity contribution in [2.45, 2.75) is 101 Å². The third-order valence-corrected chi connectivity index (χ3v) is 11.5. The summed E-state index contributed by atoms with van der Waals surface area (Å²) in [6, 6.07) is 58.8. The lowest BCUT2D eigenvalue weighted by Crippen LogP contribution is -2.63. The second-order valence-corrected chi connectivity index (χ2v) is 16.2. The van der Waals surface area contributed by atoms with Crippen molar-refractivity contribution in [3.63, 3.8) is 0 Å². The molecule has 340 valence electrons. The monoisotopic (exact) mass is 882 g/mol. The normalized spacial score (nSPS) is 25.6. The van der Waals surface area contributed by atoms with E-state index in [0.29, 0.717) is 6.61 Å². The molecule has 0 aromatic heterocycles. The summed E-state index contributed by atoms with van der Waals surface area (Å²) in [5, 5.41) is 24.0. The van der Waals surface area contributed by atoms with Gasteiger partial charge in [-0.3, -0.25) is 0 Å². The van der Waals surface area contributed by atoms with Crippen LogP contribution in [0.3, 0.4) is 0 Å². The van der Waals surface area contributed by atoms with Crippen molar-refractivity contribution in [3.05, 3.63) is 215 Å². The number of rotatable bonds is 22. The molecule has 0 saturated carbocycles. The van der Waals surface area contributed by atoms with Crippen LogP contribution >= 0.6 is 0 Å². The van der Waals surface area contributed by atoms with Crippen LogP contribution in [0.5, 0.6) is 0 Å². The Hall–Kier alpha value is -5.12. The lowest BCUT2D eigenvalue weighted by Gasteiger charge is -2.46. The molecular weight excluding hydrogens is 825 g/mol. The molecule has 0 unspecified atom stereocenters. The van der Waals surface area contributed by atoms with E-state index in [0.717, 1.165) is 33.4 Å². The van der Waals surface area contributed by atoms with Gasteiger partial charge >= 0.3 is 0 Å².